The summed E-state index contributed by atoms with van der Waals surface area (Å²) < 4.78 is 11.3. The Labute approximate surface area is 193 Å². The number of aromatic nitrogens is 1. The molecule has 3 aromatic rings. The Morgan fingerprint density at radius 1 is 1.28 bits per heavy atom. The van der Waals surface area contributed by atoms with E-state index in [2.05, 4.69) is 29.4 Å². The molecule has 0 unspecified atom stereocenters. The molecule has 2 N–H and O–H groups in total. The number of H-pyrrole nitrogens is 1. The molecule has 1 aliphatic heterocycles. The van der Waals surface area contributed by atoms with Gasteiger partial charge in [-0.1, -0.05) is 23.8 Å². The number of hydrogen-bond donors (Lipinski definition) is 2. The van der Waals surface area contributed by atoms with E-state index in [1.807, 2.05) is 42.2 Å². The summed E-state index contributed by atoms with van der Waals surface area (Å²) in [4.78, 5) is 18.0. The first-order chi connectivity index (χ1) is 15.4. The predicted octanol–water partition coefficient (Wildman–Crippen LogP) is 4.53. The number of hydrogen-bond acceptors (Lipinski definition) is 4. The third-order valence-corrected chi connectivity index (χ3v) is 6.18. The van der Waals surface area contributed by atoms with E-state index < -0.39 is 0 Å². The van der Waals surface area contributed by atoms with Crippen LogP contribution in [0.15, 0.2) is 47.3 Å². The number of aryl methyl sites for hydroxylation is 2. The van der Waals surface area contributed by atoms with E-state index >= 15 is 0 Å². The molecule has 1 fully saturated rings. The van der Waals surface area contributed by atoms with E-state index in [1.54, 1.807) is 7.11 Å². The van der Waals surface area contributed by atoms with Crippen LogP contribution >= 0.6 is 12.2 Å². The molecule has 4 rings (SSSR count). The minimum absolute atomic E-state index is 0.0939. The van der Waals surface area contributed by atoms with Gasteiger partial charge in [-0.05, 0) is 74.1 Å². The van der Waals surface area contributed by atoms with Gasteiger partial charge in [0.05, 0.1) is 31.0 Å². The van der Waals surface area contributed by atoms with Gasteiger partial charge in [0.2, 0.25) is 0 Å². The maximum absolute atomic E-state index is 12.9. The van der Waals surface area contributed by atoms with Crippen molar-refractivity contribution in [2.75, 3.05) is 25.6 Å². The normalized spacial score (nSPS) is 15.7. The van der Waals surface area contributed by atoms with Crippen molar-refractivity contribution < 1.29 is 9.47 Å². The molecule has 0 bridgehead atoms. The molecule has 1 atom stereocenters. The zero-order valence-corrected chi connectivity index (χ0v) is 19.6. The van der Waals surface area contributed by atoms with Gasteiger partial charge in [0.1, 0.15) is 5.75 Å². The Balaban J connectivity index is 1.64. The summed E-state index contributed by atoms with van der Waals surface area (Å²) in [5, 5.41) is 4.85. The van der Waals surface area contributed by atoms with E-state index in [4.69, 9.17) is 21.7 Å². The highest BCUT2D eigenvalue weighted by Crippen LogP contribution is 2.25. The van der Waals surface area contributed by atoms with Crippen LogP contribution in [-0.2, 0) is 11.3 Å². The number of aromatic amines is 1. The third-order valence-electron chi connectivity index (χ3n) is 5.82. The molecule has 1 aliphatic rings. The zero-order valence-electron chi connectivity index (χ0n) is 18.7. The van der Waals surface area contributed by atoms with Crippen LogP contribution in [0.2, 0.25) is 0 Å². The number of para-hydroxylation sites is 2. The zero-order chi connectivity index (χ0) is 22.7. The van der Waals surface area contributed by atoms with Crippen LogP contribution in [0.3, 0.4) is 0 Å². The van der Waals surface area contributed by atoms with Crippen LogP contribution in [0.5, 0.6) is 5.75 Å². The fraction of sp³-hybridized carbons (Fsp3) is 0.360. The summed E-state index contributed by atoms with van der Waals surface area (Å²) in [5.74, 6) is 0.710. The Morgan fingerprint density at radius 3 is 2.84 bits per heavy atom. The Hall–Kier alpha value is -2.90. The fourth-order valence-electron chi connectivity index (χ4n) is 4.25. The van der Waals surface area contributed by atoms with E-state index in [-0.39, 0.29) is 11.7 Å². The summed E-state index contributed by atoms with van der Waals surface area (Å²) in [7, 11) is 1.63. The maximum Gasteiger partial charge on any atom is 0.253 e. The van der Waals surface area contributed by atoms with Gasteiger partial charge in [-0.25, -0.2) is 0 Å². The van der Waals surface area contributed by atoms with Gasteiger partial charge in [-0.3, -0.25) is 4.79 Å². The number of methoxy groups -OCH3 is 1. The quantitative estimate of drug-likeness (QED) is 0.537. The summed E-state index contributed by atoms with van der Waals surface area (Å²) >= 11 is 5.77. The smallest absolute Gasteiger partial charge is 0.253 e. The molecule has 2 heterocycles. The summed E-state index contributed by atoms with van der Waals surface area (Å²) in [6, 6.07) is 13.8. The second-order valence-corrected chi connectivity index (χ2v) is 8.70. The van der Waals surface area contributed by atoms with Crippen molar-refractivity contribution in [1.82, 2.24) is 9.88 Å². The van der Waals surface area contributed by atoms with Crippen LogP contribution in [0.1, 0.15) is 29.5 Å². The molecule has 0 spiro atoms. The first kappa shape index (κ1) is 22.3. The molecule has 7 heteroatoms. The van der Waals surface area contributed by atoms with E-state index in [0.29, 0.717) is 29.5 Å². The number of nitrogens with one attached hydrogen (secondary N) is 2. The molecular formula is C25H29N3O3S. The van der Waals surface area contributed by atoms with Crippen molar-refractivity contribution in [3.8, 4) is 5.75 Å². The summed E-state index contributed by atoms with van der Waals surface area (Å²) in [5.41, 5.74) is 4.47. The van der Waals surface area contributed by atoms with Crippen LogP contribution in [0.25, 0.3) is 10.9 Å². The second-order valence-electron chi connectivity index (χ2n) is 8.32. The van der Waals surface area contributed by atoms with Gasteiger partial charge in [-0.2, -0.15) is 0 Å². The van der Waals surface area contributed by atoms with Crippen molar-refractivity contribution in [1.29, 1.82) is 0 Å². The van der Waals surface area contributed by atoms with Crippen LogP contribution in [0, 0.1) is 13.8 Å². The lowest BCUT2D eigenvalue weighted by atomic mass is 10.1. The maximum atomic E-state index is 12.9. The van der Waals surface area contributed by atoms with Crippen molar-refractivity contribution in [3.63, 3.8) is 0 Å². The molecule has 6 nitrogen and oxygen atoms in total. The SMILES string of the molecule is COc1ccccc1NC(=S)N(Cc1cc2cc(C)cc(C)c2[nH]c1=O)C[C@H]1CCCO1. The number of rotatable bonds is 6. The lowest BCUT2D eigenvalue weighted by Gasteiger charge is -2.28. The average molecular weight is 452 g/mol. The van der Waals surface area contributed by atoms with Gasteiger partial charge in [0.25, 0.3) is 5.56 Å². The Morgan fingerprint density at radius 2 is 2.09 bits per heavy atom. The van der Waals surface area contributed by atoms with Gasteiger partial charge in [-0.15, -0.1) is 0 Å². The molecule has 0 radical (unpaired) electrons. The average Bonchev–Trinajstić information content (AvgIpc) is 3.28. The largest absolute Gasteiger partial charge is 0.495 e. The number of pyridine rings is 1. The van der Waals surface area contributed by atoms with Gasteiger partial charge in [0, 0.05) is 18.7 Å². The highest BCUT2D eigenvalue weighted by molar-refractivity contribution is 7.80. The molecule has 0 aliphatic carbocycles. The first-order valence-electron chi connectivity index (χ1n) is 10.9. The van der Waals surface area contributed by atoms with E-state index in [9.17, 15) is 4.79 Å². The number of fused-ring (bicyclic) bond motifs is 1. The van der Waals surface area contributed by atoms with E-state index in [1.165, 1.54) is 0 Å². The number of anilines is 1. The molecule has 32 heavy (non-hydrogen) atoms. The van der Waals surface area contributed by atoms with Crippen LogP contribution < -0.4 is 15.6 Å². The van der Waals surface area contributed by atoms with E-state index in [0.717, 1.165) is 47.2 Å². The monoisotopic (exact) mass is 451 g/mol. The predicted molar refractivity (Wildman–Crippen MR) is 133 cm³/mol. The molecule has 0 saturated carbocycles. The van der Waals surface area contributed by atoms with Gasteiger partial charge < -0.3 is 24.7 Å². The highest BCUT2D eigenvalue weighted by atomic mass is 32.1. The molecular weight excluding hydrogens is 422 g/mol. The topological polar surface area (TPSA) is 66.6 Å². The summed E-state index contributed by atoms with van der Waals surface area (Å²) in [6.45, 7) is 5.85. The minimum atomic E-state index is -0.0955. The molecule has 1 saturated heterocycles. The molecule has 168 valence electrons. The number of benzene rings is 2. The fourth-order valence-corrected chi connectivity index (χ4v) is 4.50. The minimum Gasteiger partial charge on any atom is -0.495 e. The number of nitrogens with zero attached hydrogens (tertiary/aromatic N) is 1. The van der Waals surface area contributed by atoms with Crippen molar-refractivity contribution >= 4 is 33.9 Å². The van der Waals surface area contributed by atoms with Crippen molar-refractivity contribution in [3.05, 3.63) is 69.5 Å². The molecule has 2 aromatic carbocycles. The Kier molecular flexibility index (Phi) is 6.77. The highest BCUT2D eigenvalue weighted by Gasteiger charge is 2.22. The molecule has 0 amide bonds. The standard InChI is InChI=1S/C25H29N3O3S/c1-16-11-17(2)23-18(12-16)13-19(24(29)27-23)14-28(15-20-7-6-10-31-20)25(32)26-21-8-4-5-9-22(21)30-3/h4-5,8-9,11-13,20H,6-7,10,14-15H2,1-3H3,(H,26,32)(H,27,29)/t20-/m1/s1. The lowest BCUT2D eigenvalue weighted by molar-refractivity contribution is 0.0904. The van der Waals surface area contributed by atoms with Gasteiger partial charge in [0.15, 0.2) is 5.11 Å². The second kappa shape index (κ2) is 9.71. The van der Waals surface area contributed by atoms with Gasteiger partial charge >= 0.3 is 0 Å². The lowest BCUT2D eigenvalue weighted by Crippen LogP contribution is -2.40. The summed E-state index contributed by atoms with van der Waals surface area (Å²) in [6.07, 6.45) is 2.12. The third kappa shape index (κ3) is 4.95. The number of thiocarbonyl (C=S) groups is 1. The first-order valence-corrected chi connectivity index (χ1v) is 11.3. The van der Waals surface area contributed by atoms with Crippen molar-refractivity contribution in [2.24, 2.45) is 0 Å². The van der Waals surface area contributed by atoms with Crippen molar-refractivity contribution in [2.45, 2.75) is 39.3 Å². The number of ether oxygens (including phenoxy) is 2. The molecule has 1 aromatic heterocycles. The van der Waals surface area contributed by atoms with Crippen LogP contribution in [-0.4, -0.2) is 41.4 Å². The Bertz CT molecular complexity index is 1180. The van der Waals surface area contributed by atoms with Crippen LogP contribution in [0.4, 0.5) is 5.69 Å².